The van der Waals surface area contributed by atoms with Crippen molar-refractivity contribution in [2.45, 2.75) is 19.5 Å². The standard InChI is InChI=1S/C19H15F3N4O3/c1-2-13-25-16(15-12(18(28)29)9-23-17(15)26-13)10-4-3-5-11(8-10)24-14(27)6-7-19(20,21)22/h3-9H,2H2,1H3,(H,24,27)(H,28,29)(H,23,25,26)/b7-6+. The van der Waals surface area contributed by atoms with Gasteiger partial charge in [-0.1, -0.05) is 19.1 Å². The molecule has 0 bridgehead atoms. The molecule has 0 saturated carbocycles. The van der Waals surface area contributed by atoms with Crippen molar-refractivity contribution in [3.63, 3.8) is 0 Å². The molecule has 1 amide bonds. The second-order valence-electron chi connectivity index (χ2n) is 6.02. The average Bonchev–Trinajstić information content (AvgIpc) is 3.09. The van der Waals surface area contributed by atoms with Gasteiger partial charge in [-0.05, 0) is 12.1 Å². The number of alkyl halides is 3. The van der Waals surface area contributed by atoms with E-state index in [0.29, 0.717) is 40.6 Å². The molecule has 0 spiro atoms. The molecule has 0 aliphatic rings. The summed E-state index contributed by atoms with van der Waals surface area (Å²) in [6.07, 6.45) is -2.54. The number of carboxylic acid groups (broad SMARTS) is 1. The van der Waals surface area contributed by atoms with E-state index >= 15 is 0 Å². The summed E-state index contributed by atoms with van der Waals surface area (Å²) in [6, 6.07) is 6.22. The normalized spacial score (nSPS) is 11.9. The molecule has 150 valence electrons. The smallest absolute Gasteiger partial charge is 0.409 e. The fraction of sp³-hybridized carbons (Fsp3) is 0.158. The van der Waals surface area contributed by atoms with E-state index in [1.54, 1.807) is 12.1 Å². The number of benzene rings is 1. The summed E-state index contributed by atoms with van der Waals surface area (Å²) in [5.74, 6) is -1.63. The first-order valence-electron chi connectivity index (χ1n) is 8.46. The highest BCUT2D eigenvalue weighted by Crippen LogP contribution is 2.30. The van der Waals surface area contributed by atoms with Crippen molar-refractivity contribution in [1.29, 1.82) is 0 Å². The zero-order valence-electron chi connectivity index (χ0n) is 15.0. The van der Waals surface area contributed by atoms with Gasteiger partial charge in [0.1, 0.15) is 11.5 Å². The molecule has 2 heterocycles. The van der Waals surface area contributed by atoms with Gasteiger partial charge < -0.3 is 15.4 Å². The summed E-state index contributed by atoms with van der Waals surface area (Å²) in [5, 5.41) is 12.1. The van der Waals surface area contributed by atoms with Crippen molar-refractivity contribution < 1.29 is 27.9 Å². The number of carboxylic acids is 1. The number of hydrogen-bond acceptors (Lipinski definition) is 4. The molecule has 29 heavy (non-hydrogen) atoms. The maximum absolute atomic E-state index is 12.2. The number of aryl methyl sites for hydroxylation is 1. The fourth-order valence-electron chi connectivity index (χ4n) is 2.71. The number of amides is 1. The van der Waals surface area contributed by atoms with Crippen LogP contribution in [-0.4, -0.2) is 38.1 Å². The lowest BCUT2D eigenvalue weighted by atomic mass is 10.1. The van der Waals surface area contributed by atoms with Gasteiger partial charge in [-0.15, -0.1) is 0 Å². The summed E-state index contributed by atoms with van der Waals surface area (Å²) >= 11 is 0. The van der Waals surface area contributed by atoms with Gasteiger partial charge in [-0.3, -0.25) is 4.79 Å². The maximum Gasteiger partial charge on any atom is 0.409 e. The Bertz CT molecular complexity index is 1120. The number of anilines is 1. The fourth-order valence-corrected chi connectivity index (χ4v) is 2.71. The number of aromatic amines is 1. The Morgan fingerprint density at radius 1 is 1.28 bits per heavy atom. The quantitative estimate of drug-likeness (QED) is 0.558. The lowest BCUT2D eigenvalue weighted by Crippen LogP contribution is -2.10. The molecular weight excluding hydrogens is 389 g/mol. The zero-order chi connectivity index (χ0) is 21.2. The van der Waals surface area contributed by atoms with Crippen molar-refractivity contribution in [3.8, 4) is 11.3 Å². The number of aromatic nitrogens is 3. The van der Waals surface area contributed by atoms with Gasteiger partial charge in [-0.2, -0.15) is 13.2 Å². The molecule has 1 aromatic carbocycles. The van der Waals surface area contributed by atoms with Crippen LogP contribution >= 0.6 is 0 Å². The molecule has 0 atom stereocenters. The Kier molecular flexibility index (Phi) is 5.35. The van der Waals surface area contributed by atoms with Crippen LogP contribution < -0.4 is 5.32 Å². The van der Waals surface area contributed by atoms with Crippen molar-refractivity contribution in [2.24, 2.45) is 0 Å². The second-order valence-corrected chi connectivity index (χ2v) is 6.02. The van der Waals surface area contributed by atoms with Crippen molar-refractivity contribution in [1.82, 2.24) is 15.0 Å². The number of fused-ring (bicyclic) bond motifs is 1. The van der Waals surface area contributed by atoms with Gasteiger partial charge in [0.2, 0.25) is 5.91 Å². The number of aromatic carboxylic acids is 1. The number of halogens is 3. The lowest BCUT2D eigenvalue weighted by molar-refractivity contribution is -0.112. The van der Waals surface area contributed by atoms with Crippen LogP contribution in [0.2, 0.25) is 0 Å². The van der Waals surface area contributed by atoms with E-state index in [9.17, 15) is 27.9 Å². The minimum Gasteiger partial charge on any atom is -0.478 e. The van der Waals surface area contributed by atoms with E-state index in [4.69, 9.17) is 0 Å². The number of carbonyl (C=O) groups excluding carboxylic acids is 1. The van der Waals surface area contributed by atoms with E-state index in [2.05, 4.69) is 20.3 Å². The summed E-state index contributed by atoms with van der Waals surface area (Å²) in [7, 11) is 0. The van der Waals surface area contributed by atoms with Gasteiger partial charge >= 0.3 is 12.1 Å². The summed E-state index contributed by atoms with van der Waals surface area (Å²) < 4.78 is 36.6. The number of hydrogen-bond donors (Lipinski definition) is 3. The van der Waals surface area contributed by atoms with Gasteiger partial charge in [0.25, 0.3) is 0 Å². The molecule has 3 aromatic rings. The largest absolute Gasteiger partial charge is 0.478 e. The third-order valence-corrected chi connectivity index (χ3v) is 3.95. The van der Waals surface area contributed by atoms with Crippen LogP contribution in [0.1, 0.15) is 23.1 Å². The topological polar surface area (TPSA) is 108 Å². The minimum atomic E-state index is -4.59. The first-order valence-corrected chi connectivity index (χ1v) is 8.46. The average molecular weight is 404 g/mol. The molecule has 0 radical (unpaired) electrons. The van der Waals surface area contributed by atoms with Crippen molar-refractivity contribution in [2.75, 3.05) is 5.32 Å². The highest BCUT2D eigenvalue weighted by Gasteiger charge is 2.22. The molecule has 0 fully saturated rings. The second kappa shape index (κ2) is 7.74. The Hall–Kier alpha value is -3.69. The van der Waals surface area contributed by atoms with E-state index < -0.39 is 18.1 Å². The molecule has 10 heteroatoms. The number of H-pyrrole nitrogens is 1. The zero-order valence-corrected chi connectivity index (χ0v) is 15.0. The minimum absolute atomic E-state index is 0.0137. The van der Waals surface area contributed by atoms with Gasteiger partial charge in [0.05, 0.1) is 16.6 Å². The summed E-state index contributed by atoms with van der Waals surface area (Å²) in [5.41, 5.74) is 1.39. The SMILES string of the molecule is CCc1nc(-c2cccc(NC(=O)/C=C/C(F)(F)F)c2)c2c(C(=O)O)c[nH]c2n1. The Labute approximate surface area is 162 Å². The third kappa shape index (κ3) is 4.60. The first kappa shape index (κ1) is 20.1. The Morgan fingerprint density at radius 3 is 2.69 bits per heavy atom. The lowest BCUT2D eigenvalue weighted by Gasteiger charge is -2.09. The molecule has 3 rings (SSSR count). The summed E-state index contributed by atoms with van der Waals surface area (Å²) in [4.78, 5) is 34.8. The number of allylic oxidation sites excluding steroid dienone is 1. The van der Waals surface area contributed by atoms with Gasteiger partial charge in [0.15, 0.2) is 0 Å². The van der Waals surface area contributed by atoms with Crippen LogP contribution in [0.4, 0.5) is 18.9 Å². The van der Waals surface area contributed by atoms with Gasteiger partial charge in [0, 0.05) is 36.0 Å². The molecule has 7 nitrogen and oxygen atoms in total. The van der Waals surface area contributed by atoms with Crippen LogP contribution in [0.15, 0.2) is 42.6 Å². The predicted molar refractivity (Wildman–Crippen MR) is 99.5 cm³/mol. The van der Waals surface area contributed by atoms with Crippen LogP contribution in [0.3, 0.4) is 0 Å². The van der Waals surface area contributed by atoms with E-state index in [-0.39, 0.29) is 17.3 Å². The maximum atomic E-state index is 12.2. The Balaban J connectivity index is 2.03. The molecule has 0 aliphatic carbocycles. The highest BCUT2D eigenvalue weighted by molar-refractivity contribution is 6.08. The van der Waals surface area contributed by atoms with Crippen molar-refractivity contribution in [3.05, 3.63) is 54.0 Å². The van der Waals surface area contributed by atoms with Crippen LogP contribution in [0.25, 0.3) is 22.3 Å². The molecule has 0 aliphatic heterocycles. The monoisotopic (exact) mass is 404 g/mol. The van der Waals surface area contributed by atoms with E-state index in [1.807, 2.05) is 6.92 Å². The number of nitrogens with one attached hydrogen (secondary N) is 2. The molecule has 3 N–H and O–H groups in total. The van der Waals surface area contributed by atoms with E-state index in [1.165, 1.54) is 18.3 Å². The van der Waals surface area contributed by atoms with Gasteiger partial charge in [-0.25, -0.2) is 14.8 Å². The van der Waals surface area contributed by atoms with E-state index in [0.717, 1.165) is 0 Å². The van der Waals surface area contributed by atoms with Crippen LogP contribution in [0, 0.1) is 0 Å². The number of nitrogens with zero attached hydrogens (tertiary/aromatic N) is 2. The molecular formula is C19H15F3N4O3. The number of carbonyl (C=O) groups is 2. The predicted octanol–water partition coefficient (Wildman–Crippen LogP) is 3.94. The molecule has 0 unspecified atom stereocenters. The first-order chi connectivity index (χ1) is 13.7. The van der Waals surface area contributed by atoms with Crippen molar-refractivity contribution >= 4 is 28.6 Å². The number of rotatable bonds is 5. The highest BCUT2D eigenvalue weighted by atomic mass is 19.4. The molecule has 0 saturated heterocycles. The van der Waals surface area contributed by atoms with Crippen LogP contribution in [-0.2, 0) is 11.2 Å². The Morgan fingerprint density at radius 2 is 2.03 bits per heavy atom. The van der Waals surface area contributed by atoms with Crippen LogP contribution in [0.5, 0.6) is 0 Å². The third-order valence-electron chi connectivity index (χ3n) is 3.95. The summed E-state index contributed by atoms with van der Waals surface area (Å²) in [6.45, 7) is 1.84. The molecule has 2 aromatic heterocycles.